The lowest BCUT2D eigenvalue weighted by atomic mass is 10.0. The van der Waals surface area contributed by atoms with Crippen molar-refractivity contribution in [3.8, 4) is 11.5 Å². The van der Waals surface area contributed by atoms with E-state index < -0.39 is 5.63 Å². The van der Waals surface area contributed by atoms with Crippen LogP contribution < -0.4 is 15.1 Å². The number of ketones is 1. The monoisotopic (exact) mass is 400 g/mol. The van der Waals surface area contributed by atoms with Gasteiger partial charge in [-0.2, -0.15) is 0 Å². The number of fused-ring (bicyclic) bond motifs is 1. The second-order valence-electron chi connectivity index (χ2n) is 6.89. The molecule has 0 atom stereocenters. The van der Waals surface area contributed by atoms with Crippen molar-refractivity contribution in [3.05, 3.63) is 106 Å². The Morgan fingerprint density at radius 1 is 0.867 bits per heavy atom. The number of ether oxygens (including phenoxy) is 2. The van der Waals surface area contributed by atoms with E-state index in [1.165, 1.54) is 13.2 Å². The van der Waals surface area contributed by atoms with Crippen molar-refractivity contribution in [1.82, 2.24) is 0 Å². The fraction of sp³-hybridized carbons (Fsp3) is 0.120. The standard InChI is InChI=1S/C25H20O5/c1-17(26)22-16-30-25(27)24-21(22)12-20(28-14-18-8-4-2-5-9-18)13-23(24)29-15-19-10-6-3-7-11-19/h2-13,16H,14-15H2,1H3. The molecular weight excluding hydrogens is 380 g/mol. The zero-order valence-electron chi connectivity index (χ0n) is 16.5. The van der Waals surface area contributed by atoms with Gasteiger partial charge in [-0.1, -0.05) is 60.7 Å². The van der Waals surface area contributed by atoms with Crippen LogP contribution in [0.3, 0.4) is 0 Å². The molecule has 0 aliphatic rings. The molecule has 0 aliphatic heterocycles. The van der Waals surface area contributed by atoms with Crippen LogP contribution in [0.15, 0.2) is 88.3 Å². The lowest BCUT2D eigenvalue weighted by Gasteiger charge is -2.13. The highest BCUT2D eigenvalue weighted by Crippen LogP contribution is 2.32. The average Bonchev–Trinajstić information content (AvgIpc) is 2.77. The second kappa shape index (κ2) is 8.66. The zero-order valence-corrected chi connectivity index (χ0v) is 16.5. The number of Topliss-reactive ketones (excluding diaryl/α,β-unsaturated/α-hetero) is 1. The Hall–Kier alpha value is -3.86. The molecule has 0 spiro atoms. The summed E-state index contributed by atoms with van der Waals surface area (Å²) < 4.78 is 17.0. The molecule has 0 saturated heterocycles. The van der Waals surface area contributed by atoms with Crippen molar-refractivity contribution in [1.29, 1.82) is 0 Å². The SMILES string of the molecule is CC(=O)c1coc(=O)c2c(OCc3ccccc3)cc(OCc3ccccc3)cc12. The van der Waals surface area contributed by atoms with Crippen molar-refractivity contribution >= 4 is 16.6 Å². The van der Waals surface area contributed by atoms with E-state index in [-0.39, 0.29) is 17.8 Å². The molecule has 4 rings (SSSR count). The van der Waals surface area contributed by atoms with Crippen LogP contribution in [0.5, 0.6) is 11.5 Å². The Morgan fingerprint density at radius 3 is 2.07 bits per heavy atom. The highest BCUT2D eigenvalue weighted by Gasteiger charge is 2.17. The summed E-state index contributed by atoms with van der Waals surface area (Å²) in [6.07, 6.45) is 1.19. The largest absolute Gasteiger partial charge is 0.489 e. The van der Waals surface area contributed by atoms with E-state index in [1.54, 1.807) is 12.1 Å². The minimum absolute atomic E-state index is 0.210. The van der Waals surface area contributed by atoms with E-state index in [0.717, 1.165) is 11.1 Å². The molecule has 1 heterocycles. The highest BCUT2D eigenvalue weighted by molar-refractivity contribution is 6.08. The predicted octanol–water partition coefficient (Wildman–Crippen LogP) is 5.15. The van der Waals surface area contributed by atoms with Crippen molar-refractivity contribution in [2.24, 2.45) is 0 Å². The summed E-state index contributed by atoms with van der Waals surface area (Å²) in [5, 5.41) is 0.679. The van der Waals surface area contributed by atoms with E-state index in [0.29, 0.717) is 29.1 Å². The van der Waals surface area contributed by atoms with E-state index in [2.05, 4.69) is 0 Å². The van der Waals surface area contributed by atoms with Crippen LogP contribution in [0, 0.1) is 0 Å². The van der Waals surface area contributed by atoms with Crippen LogP contribution in [0.25, 0.3) is 10.8 Å². The molecule has 3 aromatic carbocycles. The molecule has 1 aromatic heterocycles. The van der Waals surface area contributed by atoms with Gasteiger partial charge >= 0.3 is 5.63 Å². The predicted molar refractivity (Wildman–Crippen MR) is 114 cm³/mol. The first-order chi connectivity index (χ1) is 14.6. The number of carbonyl (C=O) groups is 1. The number of benzene rings is 3. The number of hydrogen-bond donors (Lipinski definition) is 0. The smallest absolute Gasteiger partial charge is 0.347 e. The number of carbonyl (C=O) groups excluding carboxylic acids is 1. The molecule has 0 amide bonds. The fourth-order valence-electron chi connectivity index (χ4n) is 3.19. The molecule has 0 fully saturated rings. The van der Waals surface area contributed by atoms with Gasteiger partial charge in [0.25, 0.3) is 0 Å². The minimum Gasteiger partial charge on any atom is -0.489 e. The summed E-state index contributed by atoms with van der Waals surface area (Å²) in [6.45, 7) is 2.04. The van der Waals surface area contributed by atoms with E-state index in [1.807, 2.05) is 60.7 Å². The van der Waals surface area contributed by atoms with Crippen molar-refractivity contribution in [2.45, 2.75) is 20.1 Å². The van der Waals surface area contributed by atoms with Crippen molar-refractivity contribution in [3.63, 3.8) is 0 Å². The fourth-order valence-corrected chi connectivity index (χ4v) is 3.19. The first kappa shape index (κ1) is 19.5. The van der Waals surface area contributed by atoms with Gasteiger partial charge in [-0.15, -0.1) is 0 Å². The summed E-state index contributed by atoms with van der Waals surface area (Å²) in [6, 6.07) is 22.7. The van der Waals surface area contributed by atoms with E-state index >= 15 is 0 Å². The van der Waals surface area contributed by atoms with Gasteiger partial charge in [-0.25, -0.2) is 4.79 Å². The molecule has 150 valence electrons. The van der Waals surface area contributed by atoms with Gasteiger partial charge in [-0.3, -0.25) is 4.79 Å². The maximum absolute atomic E-state index is 12.5. The highest BCUT2D eigenvalue weighted by atomic mass is 16.5. The summed E-state index contributed by atoms with van der Waals surface area (Å²) in [5.74, 6) is 0.608. The third-order valence-electron chi connectivity index (χ3n) is 4.72. The normalized spacial score (nSPS) is 10.7. The van der Waals surface area contributed by atoms with Crippen LogP contribution in [-0.2, 0) is 13.2 Å². The first-order valence-corrected chi connectivity index (χ1v) is 9.56. The maximum Gasteiger partial charge on any atom is 0.347 e. The molecule has 0 saturated carbocycles. The molecule has 5 nitrogen and oxygen atoms in total. The summed E-state index contributed by atoms with van der Waals surface area (Å²) in [5.41, 5.74) is 1.70. The molecule has 0 N–H and O–H groups in total. The molecule has 4 aromatic rings. The average molecular weight is 400 g/mol. The van der Waals surface area contributed by atoms with Gasteiger partial charge in [-0.05, 0) is 24.1 Å². The summed E-state index contributed by atoms with van der Waals surface area (Å²) >= 11 is 0. The lowest BCUT2D eigenvalue weighted by molar-refractivity contribution is 0.101. The molecule has 0 radical (unpaired) electrons. The quantitative estimate of drug-likeness (QED) is 0.401. The van der Waals surface area contributed by atoms with E-state index in [9.17, 15) is 9.59 Å². The lowest BCUT2D eigenvalue weighted by Crippen LogP contribution is -2.08. The molecule has 5 heteroatoms. The summed E-state index contributed by atoms with van der Waals surface area (Å²) in [4.78, 5) is 24.6. The van der Waals surface area contributed by atoms with E-state index in [4.69, 9.17) is 13.9 Å². The van der Waals surface area contributed by atoms with Gasteiger partial charge in [0.15, 0.2) is 5.78 Å². The Kier molecular flexibility index (Phi) is 5.61. The van der Waals surface area contributed by atoms with Gasteiger partial charge in [0, 0.05) is 11.5 Å². The molecule has 30 heavy (non-hydrogen) atoms. The van der Waals surface area contributed by atoms with Crippen LogP contribution in [-0.4, -0.2) is 5.78 Å². The third kappa shape index (κ3) is 4.25. The van der Waals surface area contributed by atoms with Crippen LogP contribution in [0.4, 0.5) is 0 Å². The van der Waals surface area contributed by atoms with Crippen LogP contribution in [0.2, 0.25) is 0 Å². The minimum atomic E-state index is -0.562. The first-order valence-electron chi connectivity index (χ1n) is 9.56. The number of rotatable bonds is 7. The van der Waals surface area contributed by atoms with Crippen molar-refractivity contribution < 1.29 is 18.7 Å². The third-order valence-corrected chi connectivity index (χ3v) is 4.72. The van der Waals surface area contributed by atoms with Crippen LogP contribution >= 0.6 is 0 Å². The maximum atomic E-state index is 12.5. The Labute approximate surface area is 173 Å². The van der Waals surface area contributed by atoms with Gasteiger partial charge in [0.2, 0.25) is 0 Å². The number of hydrogen-bond acceptors (Lipinski definition) is 5. The molecule has 0 unspecified atom stereocenters. The Balaban J connectivity index is 1.75. The summed E-state index contributed by atoms with van der Waals surface area (Å²) in [7, 11) is 0. The van der Waals surface area contributed by atoms with Gasteiger partial charge in [0.05, 0.1) is 5.56 Å². The zero-order chi connectivity index (χ0) is 20.9. The topological polar surface area (TPSA) is 65.7 Å². The van der Waals surface area contributed by atoms with Gasteiger partial charge < -0.3 is 13.9 Å². The Morgan fingerprint density at radius 2 is 1.47 bits per heavy atom. The van der Waals surface area contributed by atoms with Crippen molar-refractivity contribution in [2.75, 3.05) is 0 Å². The molecular formula is C25H20O5. The van der Waals surface area contributed by atoms with Gasteiger partial charge in [0.1, 0.15) is 36.4 Å². The molecule has 0 aliphatic carbocycles. The van der Waals surface area contributed by atoms with Crippen LogP contribution in [0.1, 0.15) is 28.4 Å². The molecule has 0 bridgehead atoms. The Bertz CT molecular complexity index is 1230. The second-order valence-corrected chi connectivity index (χ2v) is 6.89.